The maximum atomic E-state index is 13.9. The van der Waals surface area contributed by atoms with Crippen molar-refractivity contribution in [2.45, 2.75) is 0 Å². The third-order valence-corrected chi connectivity index (χ3v) is 10.3. The summed E-state index contributed by atoms with van der Waals surface area (Å²) in [5.41, 5.74) is 10.1. The van der Waals surface area contributed by atoms with Crippen molar-refractivity contribution < 1.29 is 19.5 Å². The minimum Gasteiger partial charge on any atom is -0.480 e. The lowest BCUT2D eigenvalue weighted by atomic mass is 9.84. The molecule has 0 saturated heterocycles. The fourth-order valence-corrected chi connectivity index (χ4v) is 7.78. The van der Waals surface area contributed by atoms with Gasteiger partial charge in [-0.1, -0.05) is 109 Å². The van der Waals surface area contributed by atoms with Gasteiger partial charge < -0.3 is 14.9 Å². The minimum atomic E-state index is -1.26. The Kier molecular flexibility index (Phi) is 9.08. The van der Waals surface area contributed by atoms with Gasteiger partial charge in [-0.25, -0.2) is 0 Å². The number of para-hydroxylation sites is 4. The first-order valence-electron chi connectivity index (χ1n) is 18.7. The van der Waals surface area contributed by atoms with Gasteiger partial charge in [0.15, 0.2) is 0 Å². The summed E-state index contributed by atoms with van der Waals surface area (Å²) >= 11 is 0. The normalized spacial score (nSPS) is 12.1. The van der Waals surface area contributed by atoms with Crippen molar-refractivity contribution in [3.05, 3.63) is 205 Å². The average Bonchev–Trinajstić information content (AvgIpc) is 3.26. The summed E-state index contributed by atoms with van der Waals surface area (Å²) in [5, 5.41) is 10.8. The zero-order valence-electron chi connectivity index (χ0n) is 30.7. The molecular weight excluding hydrogens is 707 g/mol. The second-order valence-corrected chi connectivity index (χ2v) is 13.8. The molecule has 8 aromatic rings. The van der Waals surface area contributed by atoms with Crippen molar-refractivity contribution in [3.8, 4) is 22.3 Å². The van der Waals surface area contributed by atoms with E-state index in [-0.39, 0.29) is 0 Å². The maximum absolute atomic E-state index is 13.9. The molecule has 7 nitrogen and oxygen atoms in total. The van der Waals surface area contributed by atoms with E-state index >= 15 is 0 Å². The van der Waals surface area contributed by atoms with E-state index in [1.54, 1.807) is 12.1 Å². The van der Waals surface area contributed by atoms with Gasteiger partial charge in [0.25, 0.3) is 11.8 Å². The highest BCUT2D eigenvalue weighted by Gasteiger charge is 2.35. The monoisotopic (exact) mass is 741 g/mol. The number of amides is 2. The van der Waals surface area contributed by atoms with Crippen LogP contribution in [0.25, 0.3) is 33.0 Å². The van der Waals surface area contributed by atoms with Gasteiger partial charge in [0.05, 0.1) is 0 Å². The van der Waals surface area contributed by atoms with Gasteiger partial charge in [-0.15, -0.1) is 0 Å². The molecule has 0 radical (unpaired) electrons. The van der Waals surface area contributed by atoms with E-state index in [1.165, 1.54) is 0 Å². The first kappa shape index (κ1) is 35.0. The lowest BCUT2D eigenvalue weighted by Crippen LogP contribution is -2.43. The fraction of sp³-hybridized carbons (Fsp3) is 0.0200. The number of hydrogen-bond acceptors (Lipinski definition) is 5. The summed E-state index contributed by atoms with van der Waals surface area (Å²) in [4.78, 5) is 44.7. The number of carbonyl (C=O) groups is 3. The van der Waals surface area contributed by atoms with Crippen molar-refractivity contribution in [2.75, 3.05) is 16.3 Å². The van der Waals surface area contributed by atoms with Gasteiger partial charge >= 0.3 is 5.97 Å². The number of nitrogens with zero attached hydrogens (tertiary/aromatic N) is 3. The van der Waals surface area contributed by atoms with Crippen LogP contribution in [0.2, 0.25) is 0 Å². The molecule has 0 spiro atoms. The molecule has 2 amide bonds. The Morgan fingerprint density at radius 2 is 0.667 bits per heavy atom. The summed E-state index contributed by atoms with van der Waals surface area (Å²) in [6.45, 7) is -0.719. The zero-order chi connectivity index (χ0) is 38.9. The van der Waals surface area contributed by atoms with Crippen molar-refractivity contribution >= 4 is 62.7 Å². The minimum absolute atomic E-state index is 0.290. The molecule has 9 rings (SSSR count). The molecule has 0 aromatic heterocycles. The van der Waals surface area contributed by atoms with Crippen LogP contribution >= 0.6 is 0 Å². The molecule has 57 heavy (non-hydrogen) atoms. The van der Waals surface area contributed by atoms with Crippen LogP contribution < -0.4 is 9.80 Å². The molecular formula is C50H35N3O4. The van der Waals surface area contributed by atoms with E-state index in [0.717, 1.165) is 66.7 Å². The summed E-state index contributed by atoms with van der Waals surface area (Å²) < 4.78 is 0. The Morgan fingerprint density at radius 3 is 0.982 bits per heavy atom. The SMILES string of the molecule is O=C(O)CN1C(=O)c2ccc(-c3ccc(N(c4ccccc4)c4ccccc4)cc3)c3c(-c4ccc(N(c5ccccc5)c5ccccc5)cc4)ccc(c23)C1=O. The van der Waals surface area contributed by atoms with Gasteiger partial charge in [-0.2, -0.15) is 0 Å². The number of rotatable bonds is 10. The van der Waals surface area contributed by atoms with Crippen molar-refractivity contribution in [1.82, 2.24) is 4.90 Å². The number of carboxylic acid groups (broad SMARTS) is 1. The number of imide groups is 1. The molecule has 7 heteroatoms. The van der Waals surface area contributed by atoms with Crippen LogP contribution in [0.15, 0.2) is 194 Å². The molecule has 0 unspecified atom stereocenters. The molecule has 8 aromatic carbocycles. The van der Waals surface area contributed by atoms with Crippen LogP contribution in [-0.2, 0) is 4.79 Å². The largest absolute Gasteiger partial charge is 0.480 e. The number of carbonyl (C=O) groups excluding carboxylic acids is 2. The summed E-state index contributed by atoms with van der Waals surface area (Å²) in [6, 6.07) is 64.5. The predicted octanol–water partition coefficient (Wildman–Crippen LogP) is 11.8. The Bertz CT molecular complexity index is 2500. The molecule has 274 valence electrons. The molecule has 0 aliphatic carbocycles. The Hall–Kier alpha value is -7.77. The highest BCUT2D eigenvalue weighted by atomic mass is 16.4. The van der Waals surface area contributed by atoms with Crippen LogP contribution in [0.3, 0.4) is 0 Å². The van der Waals surface area contributed by atoms with Crippen LogP contribution in [0, 0.1) is 0 Å². The Labute approximate surface area is 329 Å². The second kappa shape index (κ2) is 14.8. The maximum Gasteiger partial charge on any atom is 0.323 e. The molecule has 0 saturated carbocycles. The molecule has 1 aliphatic heterocycles. The first-order chi connectivity index (χ1) is 28.0. The number of anilines is 6. The number of benzene rings is 8. The number of carboxylic acids is 1. The topological polar surface area (TPSA) is 81.2 Å². The van der Waals surface area contributed by atoms with E-state index < -0.39 is 24.3 Å². The van der Waals surface area contributed by atoms with Gasteiger partial charge in [-0.05, 0) is 113 Å². The van der Waals surface area contributed by atoms with Crippen molar-refractivity contribution in [3.63, 3.8) is 0 Å². The lowest BCUT2D eigenvalue weighted by Gasteiger charge is -2.28. The zero-order valence-corrected chi connectivity index (χ0v) is 30.7. The smallest absolute Gasteiger partial charge is 0.323 e. The Balaban J connectivity index is 1.20. The molecule has 1 N–H and O–H groups in total. The van der Waals surface area contributed by atoms with Crippen molar-refractivity contribution in [1.29, 1.82) is 0 Å². The standard InChI is InChI=1S/C50H35N3O4/c54-46(55)33-51-49(56)44-31-29-42(34-21-25-40(26-22-34)52(36-13-5-1-6-14-36)37-15-7-2-8-16-37)47-43(30-32-45(48(44)47)50(51)57)35-23-27-41(28-24-35)53(38-17-9-3-10-18-38)39-19-11-4-12-20-39/h1-32H,33H2,(H,54,55). The van der Waals surface area contributed by atoms with Gasteiger partial charge in [0.1, 0.15) is 6.54 Å². The van der Waals surface area contributed by atoms with E-state index in [9.17, 15) is 19.5 Å². The quantitative estimate of drug-likeness (QED) is 0.141. The molecule has 1 heterocycles. The summed E-state index contributed by atoms with van der Waals surface area (Å²) in [5.74, 6) is -2.51. The molecule has 0 fully saturated rings. The van der Waals surface area contributed by atoms with Gasteiger partial charge in [0, 0.05) is 50.6 Å². The molecule has 0 atom stereocenters. The van der Waals surface area contributed by atoms with Crippen molar-refractivity contribution in [2.24, 2.45) is 0 Å². The van der Waals surface area contributed by atoms with E-state index in [0.29, 0.717) is 16.5 Å². The summed E-state index contributed by atoms with van der Waals surface area (Å²) in [7, 11) is 0. The second-order valence-electron chi connectivity index (χ2n) is 13.8. The molecule has 1 aliphatic rings. The lowest BCUT2D eigenvalue weighted by molar-refractivity contribution is -0.137. The fourth-order valence-electron chi connectivity index (χ4n) is 7.78. The van der Waals surface area contributed by atoms with E-state index in [1.807, 2.05) is 84.9 Å². The number of hydrogen-bond donors (Lipinski definition) is 1. The average molecular weight is 742 g/mol. The molecule has 0 bridgehead atoms. The first-order valence-corrected chi connectivity index (χ1v) is 18.7. The third-order valence-electron chi connectivity index (χ3n) is 10.3. The summed E-state index contributed by atoms with van der Waals surface area (Å²) in [6.07, 6.45) is 0. The Morgan fingerprint density at radius 1 is 0.386 bits per heavy atom. The van der Waals surface area contributed by atoms with Gasteiger partial charge in [0.2, 0.25) is 0 Å². The van der Waals surface area contributed by atoms with Crippen LogP contribution in [0.5, 0.6) is 0 Å². The predicted molar refractivity (Wildman–Crippen MR) is 227 cm³/mol. The van der Waals surface area contributed by atoms with Gasteiger partial charge in [-0.3, -0.25) is 19.3 Å². The number of aliphatic carboxylic acids is 1. The van der Waals surface area contributed by atoms with Crippen LogP contribution in [-0.4, -0.2) is 34.3 Å². The highest BCUT2D eigenvalue weighted by molar-refractivity contribution is 6.29. The van der Waals surface area contributed by atoms with Crippen LogP contribution in [0.4, 0.5) is 34.1 Å². The third kappa shape index (κ3) is 6.47. The van der Waals surface area contributed by atoms with E-state index in [2.05, 4.69) is 107 Å². The van der Waals surface area contributed by atoms with E-state index in [4.69, 9.17) is 0 Å². The van der Waals surface area contributed by atoms with Crippen LogP contribution in [0.1, 0.15) is 20.7 Å². The highest BCUT2D eigenvalue weighted by Crippen LogP contribution is 2.44.